The quantitative estimate of drug-likeness (QED) is 0.429. The van der Waals surface area contributed by atoms with Gasteiger partial charge in [-0.05, 0) is 0 Å². The molecule has 0 aliphatic heterocycles. The van der Waals surface area contributed by atoms with Crippen molar-refractivity contribution in [2.75, 3.05) is 0 Å². The van der Waals surface area contributed by atoms with E-state index in [0.29, 0.717) is 0 Å². The molecule has 0 bridgehead atoms. The summed E-state index contributed by atoms with van der Waals surface area (Å²) in [4.78, 5) is 0. The molecule has 0 nitrogen and oxygen atoms in total. The Morgan fingerprint density at radius 3 is 1.25 bits per heavy atom. The number of hydrogen-bond acceptors (Lipinski definition) is 0. The van der Waals surface area contributed by atoms with Crippen LogP contribution < -0.4 is 0 Å². The van der Waals surface area contributed by atoms with Crippen LogP contribution in [-0.2, 0) is 19.5 Å². The van der Waals surface area contributed by atoms with Crippen LogP contribution in [0.3, 0.4) is 0 Å². The van der Waals surface area contributed by atoms with Gasteiger partial charge in [-0.2, -0.15) is 0 Å². The second-order valence-electron chi connectivity index (χ2n) is 0. The molecule has 20 valence electrons. The molecule has 0 aromatic rings. The number of rotatable bonds is 0. The molecule has 0 rings (SSSR count). The largest absolute Gasteiger partial charge is 2.00 e. The maximum absolute atomic E-state index is 0. The first-order chi connectivity index (χ1) is 0. The molecule has 0 unspecified atom stereocenters. The third-order valence-electron chi connectivity index (χ3n) is 0. The molecule has 0 fully saturated rings. The topological polar surface area (TPSA) is 0 Å². The Bertz CT molecular complexity index is 13.5. The second-order valence-corrected chi connectivity index (χ2v) is 0. The van der Waals surface area contributed by atoms with Gasteiger partial charge in [-0.1, -0.05) is 0 Å². The molecule has 0 heterocycles. The first-order valence-electron chi connectivity index (χ1n) is 0. The van der Waals surface area contributed by atoms with E-state index in [0.717, 1.165) is 0 Å². The zero-order chi connectivity index (χ0) is 0. The van der Waals surface area contributed by atoms with E-state index in [1.807, 2.05) is 0 Å². The standard InChI is InChI=1S/Al.Bi.Mg.Zn.8H/q;;+2;;;;;;;;2*-1. The van der Waals surface area contributed by atoms with Crippen LogP contribution in [-0.4, -0.2) is 66.6 Å². The minimum atomic E-state index is 0. The molecule has 0 aliphatic rings. The van der Waals surface area contributed by atoms with Gasteiger partial charge >= 0.3 is 49.3 Å². The van der Waals surface area contributed by atoms with E-state index in [1.54, 1.807) is 0 Å². The van der Waals surface area contributed by atoms with Gasteiger partial charge in [0, 0.05) is 19.5 Å². The Morgan fingerprint density at radius 1 is 1.25 bits per heavy atom. The second kappa shape index (κ2) is 17.0. The molecule has 4 heavy (non-hydrogen) atoms. The molecule has 0 atom stereocenters. The molecular formula is H8AlBiMgZn. The fourth-order valence-electron chi connectivity index (χ4n) is 0. The fourth-order valence-corrected chi connectivity index (χ4v) is 0. The van der Waals surface area contributed by atoms with Crippen LogP contribution >= 0.6 is 0 Å². The van der Waals surface area contributed by atoms with Crippen molar-refractivity contribution in [1.29, 1.82) is 0 Å². The zero-order valence-electron chi connectivity index (χ0n) is 4.12. The van der Waals surface area contributed by atoms with E-state index < -0.39 is 0 Å². The summed E-state index contributed by atoms with van der Waals surface area (Å²) in [5.74, 6) is 0. The third-order valence-corrected chi connectivity index (χ3v) is 0. The van der Waals surface area contributed by atoms with Gasteiger partial charge in [0.05, 0.1) is 0 Å². The smallest absolute Gasteiger partial charge is 1.00 e. The molecule has 4 heteroatoms. The van der Waals surface area contributed by atoms with Crippen molar-refractivity contribution in [3.8, 4) is 0 Å². The summed E-state index contributed by atoms with van der Waals surface area (Å²) in [6, 6.07) is 0. The van der Waals surface area contributed by atoms with Crippen molar-refractivity contribution >= 4 is 66.6 Å². The van der Waals surface area contributed by atoms with Crippen LogP contribution in [0.15, 0.2) is 0 Å². The van der Waals surface area contributed by atoms with Crippen LogP contribution in [0.4, 0.5) is 0 Å². The summed E-state index contributed by atoms with van der Waals surface area (Å²) >= 11 is 0. The maximum Gasteiger partial charge on any atom is 2.00 e. The predicted octanol–water partition coefficient (Wildman–Crippen LogP) is -2.53. The SMILES string of the molecule is [AlH3].[BiH3].[H-].[H-].[Mg+2].[Zn]. The summed E-state index contributed by atoms with van der Waals surface area (Å²) in [7, 11) is 0. The van der Waals surface area contributed by atoms with Gasteiger partial charge < -0.3 is 2.85 Å². The Labute approximate surface area is 87.6 Å². The van der Waals surface area contributed by atoms with E-state index >= 15 is 0 Å². The fraction of sp³-hybridized carbons (Fsp3) is 0. The maximum atomic E-state index is 0. The van der Waals surface area contributed by atoms with Crippen LogP contribution in [0.2, 0.25) is 0 Å². The van der Waals surface area contributed by atoms with E-state index in [2.05, 4.69) is 0 Å². The van der Waals surface area contributed by atoms with Gasteiger partial charge in [-0.3, -0.25) is 0 Å². The summed E-state index contributed by atoms with van der Waals surface area (Å²) < 4.78 is 0. The minimum absolute atomic E-state index is 0. The first kappa shape index (κ1) is 29.1. The zero-order valence-corrected chi connectivity index (χ0v) is 12.0. The van der Waals surface area contributed by atoms with Crippen LogP contribution in [0.5, 0.6) is 0 Å². The van der Waals surface area contributed by atoms with Crippen LogP contribution in [0.1, 0.15) is 2.85 Å². The molecule has 0 saturated carbocycles. The van der Waals surface area contributed by atoms with Crippen molar-refractivity contribution < 1.29 is 22.3 Å². The van der Waals surface area contributed by atoms with Crippen molar-refractivity contribution in [2.24, 2.45) is 0 Å². The molecule has 0 saturated heterocycles. The third kappa shape index (κ3) is 8.84. The van der Waals surface area contributed by atoms with E-state index in [-0.39, 0.29) is 88.9 Å². The van der Waals surface area contributed by atoms with E-state index in [9.17, 15) is 0 Å². The molecule has 0 radical (unpaired) electrons. The number of hydrogen-bond donors (Lipinski definition) is 0. The monoisotopic (exact) mass is 332 g/mol. The van der Waals surface area contributed by atoms with Crippen LogP contribution in [0, 0.1) is 0 Å². The summed E-state index contributed by atoms with van der Waals surface area (Å²) in [5, 5.41) is 0. The predicted molar refractivity (Wildman–Crippen MR) is 27.9 cm³/mol. The normalized spacial score (nSPS) is 0. The van der Waals surface area contributed by atoms with Crippen molar-refractivity contribution in [3.05, 3.63) is 0 Å². The average molecular weight is 334 g/mol. The average Bonchev–Trinajstić information content (AvgIpc) is 0. The Kier molecular flexibility index (Phi) is 124. The molecule has 0 spiro atoms. The van der Waals surface area contributed by atoms with Crippen molar-refractivity contribution in [1.82, 2.24) is 0 Å². The summed E-state index contributed by atoms with van der Waals surface area (Å²) in [5.41, 5.74) is 0. The Morgan fingerprint density at radius 2 is 1.25 bits per heavy atom. The van der Waals surface area contributed by atoms with Crippen molar-refractivity contribution in [2.45, 2.75) is 0 Å². The van der Waals surface area contributed by atoms with Gasteiger partial charge in [0.15, 0.2) is 17.4 Å². The first-order valence-corrected chi connectivity index (χ1v) is 0. The van der Waals surface area contributed by atoms with E-state index in [1.165, 1.54) is 0 Å². The molecule has 0 amide bonds. The Balaban J connectivity index is 0. The Hall–Kier alpha value is 2.81. The minimum Gasteiger partial charge on any atom is -1.00 e. The molecular weight excluding hydrogens is 326 g/mol. The molecule has 0 aromatic carbocycles. The van der Waals surface area contributed by atoms with Gasteiger partial charge in [-0.25, -0.2) is 0 Å². The summed E-state index contributed by atoms with van der Waals surface area (Å²) in [6.45, 7) is 0. The van der Waals surface area contributed by atoms with Gasteiger partial charge in [0.1, 0.15) is 0 Å². The van der Waals surface area contributed by atoms with Gasteiger partial charge in [0.2, 0.25) is 0 Å². The molecule has 0 aliphatic carbocycles. The summed E-state index contributed by atoms with van der Waals surface area (Å²) in [6.07, 6.45) is 0. The van der Waals surface area contributed by atoms with Crippen LogP contribution in [0.25, 0.3) is 0 Å². The molecule has 0 aromatic heterocycles. The molecule has 0 N–H and O–H groups in total. The van der Waals surface area contributed by atoms with Crippen molar-refractivity contribution in [3.63, 3.8) is 0 Å². The van der Waals surface area contributed by atoms with E-state index in [4.69, 9.17) is 0 Å². The van der Waals surface area contributed by atoms with Gasteiger partial charge in [-0.15, -0.1) is 0 Å². The van der Waals surface area contributed by atoms with Gasteiger partial charge in [0.25, 0.3) is 0 Å².